The molecule has 1 aromatic rings. The highest BCUT2D eigenvalue weighted by Gasteiger charge is 2.47. The van der Waals surface area contributed by atoms with Gasteiger partial charge in [-0.05, 0) is 25.0 Å². The van der Waals surface area contributed by atoms with Crippen LogP contribution in [0.4, 0.5) is 24.5 Å². The zero-order chi connectivity index (χ0) is 19.7. The fourth-order valence-corrected chi connectivity index (χ4v) is 3.43. The van der Waals surface area contributed by atoms with Crippen molar-refractivity contribution in [3.63, 3.8) is 0 Å². The summed E-state index contributed by atoms with van der Waals surface area (Å²) in [7, 11) is -5.68. The molecule has 2 rings (SSSR count). The number of sulfone groups is 1. The van der Waals surface area contributed by atoms with Crippen LogP contribution >= 0.6 is 0 Å². The normalized spacial score (nSPS) is 16.4. The minimum Gasteiger partial charge on any atom is -0.377 e. The number of piperidine rings is 1. The van der Waals surface area contributed by atoms with E-state index in [-0.39, 0.29) is 17.6 Å². The molecule has 1 amide bonds. The van der Waals surface area contributed by atoms with Crippen molar-refractivity contribution in [2.75, 3.05) is 18.4 Å². The second-order valence-corrected chi connectivity index (χ2v) is 7.75. The standard InChI is InChI=1S/C14H16F3N3O5S/c1-9(21)19-6-4-10(5-7-19)18-12-3-2-11(8-13(12)20(22)23)26(24,25)14(15,16)17/h2-3,8,10,18H,4-7H2,1H3. The molecule has 1 aromatic carbocycles. The third-order valence-corrected chi connectivity index (χ3v) is 5.56. The summed E-state index contributed by atoms with van der Waals surface area (Å²) < 4.78 is 60.7. The predicted molar refractivity (Wildman–Crippen MR) is 85.2 cm³/mol. The van der Waals surface area contributed by atoms with Gasteiger partial charge in [-0.2, -0.15) is 13.2 Å². The molecule has 144 valence electrons. The highest BCUT2D eigenvalue weighted by Crippen LogP contribution is 2.35. The van der Waals surface area contributed by atoms with Crippen LogP contribution in [0.15, 0.2) is 23.1 Å². The lowest BCUT2D eigenvalue weighted by Gasteiger charge is -2.32. The van der Waals surface area contributed by atoms with Crippen LogP contribution in [0.1, 0.15) is 19.8 Å². The minimum absolute atomic E-state index is 0.0719. The summed E-state index contributed by atoms with van der Waals surface area (Å²) in [6.07, 6.45) is 0.999. The monoisotopic (exact) mass is 395 g/mol. The molecule has 1 aliphatic heterocycles. The fourth-order valence-electron chi connectivity index (χ4n) is 2.64. The summed E-state index contributed by atoms with van der Waals surface area (Å²) in [5, 5.41) is 14.0. The highest BCUT2D eigenvalue weighted by atomic mass is 32.2. The first-order valence-electron chi connectivity index (χ1n) is 7.55. The van der Waals surface area contributed by atoms with E-state index in [4.69, 9.17) is 0 Å². The molecule has 0 spiro atoms. The van der Waals surface area contributed by atoms with E-state index in [2.05, 4.69) is 5.32 Å². The van der Waals surface area contributed by atoms with Gasteiger partial charge in [0.15, 0.2) is 0 Å². The summed E-state index contributed by atoms with van der Waals surface area (Å²) in [6, 6.07) is 1.81. The fraction of sp³-hybridized carbons (Fsp3) is 0.500. The zero-order valence-corrected chi connectivity index (χ0v) is 14.4. The topological polar surface area (TPSA) is 110 Å². The number of nitro benzene ring substituents is 1. The molecule has 0 saturated carbocycles. The third kappa shape index (κ3) is 4.06. The predicted octanol–water partition coefficient (Wildman–Crippen LogP) is 2.31. The van der Waals surface area contributed by atoms with E-state index in [0.717, 1.165) is 6.07 Å². The number of rotatable bonds is 4. The Morgan fingerprint density at radius 3 is 2.35 bits per heavy atom. The minimum atomic E-state index is -5.68. The van der Waals surface area contributed by atoms with Crippen molar-refractivity contribution in [3.05, 3.63) is 28.3 Å². The lowest BCUT2D eigenvalue weighted by Crippen LogP contribution is -2.41. The summed E-state index contributed by atoms with van der Waals surface area (Å²) >= 11 is 0. The smallest absolute Gasteiger partial charge is 0.377 e. The van der Waals surface area contributed by atoms with Crippen molar-refractivity contribution in [1.82, 2.24) is 4.90 Å². The van der Waals surface area contributed by atoms with E-state index in [0.29, 0.717) is 38.1 Å². The van der Waals surface area contributed by atoms with Gasteiger partial charge in [0.2, 0.25) is 5.91 Å². The summed E-state index contributed by atoms with van der Waals surface area (Å²) in [6.45, 7) is 2.32. The third-order valence-electron chi connectivity index (χ3n) is 4.08. The van der Waals surface area contributed by atoms with E-state index in [1.165, 1.54) is 6.92 Å². The summed E-state index contributed by atoms with van der Waals surface area (Å²) in [5.41, 5.74) is -6.38. The van der Waals surface area contributed by atoms with Crippen LogP contribution in [0, 0.1) is 10.1 Å². The lowest BCUT2D eigenvalue weighted by atomic mass is 10.0. The van der Waals surface area contributed by atoms with Gasteiger partial charge >= 0.3 is 5.51 Å². The molecule has 26 heavy (non-hydrogen) atoms. The molecule has 8 nitrogen and oxygen atoms in total. The van der Waals surface area contributed by atoms with Gasteiger partial charge in [0.05, 0.1) is 9.82 Å². The van der Waals surface area contributed by atoms with Crippen LogP contribution < -0.4 is 5.32 Å². The number of carbonyl (C=O) groups is 1. The van der Waals surface area contributed by atoms with Crippen molar-refractivity contribution in [2.24, 2.45) is 0 Å². The number of nitrogens with one attached hydrogen (secondary N) is 1. The molecular formula is C14H16F3N3O5S. The van der Waals surface area contributed by atoms with Crippen molar-refractivity contribution in [2.45, 2.75) is 36.2 Å². The molecule has 0 bridgehead atoms. The molecule has 0 atom stereocenters. The van der Waals surface area contributed by atoms with E-state index in [9.17, 15) is 36.5 Å². The number of nitrogens with zero attached hydrogens (tertiary/aromatic N) is 2. The number of nitro groups is 1. The molecular weight excluding hydrogens is 379 g/mol. The molecule has 1 saturated heterocycles. The van der Waals surface area contributed by atoms with Crippen LogP contribution in [-0.4, -0.2) is 48.8 Å². The second kappa shape index (κ2) is 7.09. The van der Waals surface area contributed by atoms with Gasteiger partial charge in [-0.15, -0.1) is 0 Å². The number of alkyl halides is 3. The molecule has 0 unspecified atom stereocenters. The number of halogens is 3. The molecule has 0 aliphatic carbocycles. The Morgan fingerprint density at radius 2 is 1.88 bits per heavy atom. The molecule has 12 heteroatoms. The van der Waals surface area contributed by atoms with E-state index in [1.54, 1.807) is 4.90 Å². The maximum absolute atomic E-state index is 12.6. The average molecular weight is 395 g/mol. The van der Waals surface area contributed by atoms with Gasteiger partial charge < -0.3 is 10.2 Å². The van der Waals surface area contributed by atoms with E-state index < -0.39 is 30.9 Å². The number of carbonyl (C=O) groups excluding carboxylic acids is 1. The first-order valence-corrected chi connectivity index (χ1v) is 9.03. The zero-order valence-electron chi connectivity index (χ0n) is 13.6. The number of amides is 1. The SMILES string of the molecule is CC(=O)N1CCC(Nc2ccc(S(=O)(=O)C(F)(F)F)cc2[N+](=O)[O-])CC1. The Hall–Kier alpha value is -2.37. The molecule has 1 aliphatic rings. The number of benzene rings is 1. The Kier molecular flexibility index (Phi) is 5.44. The number of anilines is 1. The van der Waals surface area contributed by atoms with Crippen LogP contribution in [0.25, 0.3) is 0 Å². The lowest BCUT2D eigenvalue weighted by molar-refractivity contribution is -0.384. The quantitative estimate of drug-likeness (QED) is 0.619. The molecule has 1 fully saturated rings. The Bertz CT molecular complexity index is 818. The number of likely N-dealkylation sites (tertiary alicyclic amines) is 1. The molecule has 1 N–H and O–H groups in total. The van der Waals surface area contributed by atoms with Crippen molar-refractivity contribution in [3.8, 4) is 0 Å². The van der Waals surface area contributed by atoms with Gasteiger partial charge in [0, 0.05) is 32.1 Å². The van der Waals surface area contributed by atoms with E-state index >= 15 is 0 Å². The van der Waals surface area contributed by atoms with Crippen LogP contribution in [0.5, 0.6) is 0 Å². The van der Waals surface area contributed by atoms with Crippen LogP contribution in [0.3, 0.4) is 0 Å². The first kappa shape index (κ1) is 19.9. The van der Waals surface area contributed by atoms with Gasteiger partial charge in [0.1, 0.15) is 5.69 Å². The Morgan fingerprint density at radius 1 is 1.31 bits per heavy atom. The highest BCUT2D eigenvalue weighted by molar-refractivity contribution is 7.92. The van der Waals surface area contributed by atoms with Gasteiger partial charge in [-0.3, -0.25) is 14.9 Å². The average Bonchev–Trinajstić information content (AvgIpc) is 2.54. The first-order chi connectivity index (χ1) is 11.9. The van der Waals surface area contributed by atoms with Crippen molar-refractivity contribution >= 4 is 27.1 Å². The molecule has 1 heterocycles. The summed E-state index contributed by atoms with van der Waals surface area (Å²) in [5.74, 6) is -0.0869. The maximum Gasteiger partial charge on any atom is 0.501 e. The molecule has 0 radical (unpaired) electrons. The maximum atomic E-state index is 12.6. The Balaban J connectivity index is 2.26. The largest absolute Gasteiger partial charge is 0.501 e. The van der Waals surface area contributed by atoms with Crippen molar-refractivity contribution < 1.29 is 31.3 Å². The van der Waals surface area contributed by atoms with Gasteiger partial charge in [-0.1, -0.05) is 0 Å². The van der Waals surface area contributed by atoms with Crippen LogP contribution in [0.2, 0.25) is 0 Å². The number of hydrogen-bond donors (Lipinski definition) is 1. The molecule has 0 aromatic heterocycles. The van der Waals surface area contributed by atoms with Gasteiger partial charge in [-0.25, -0.2) is 8.42 Å². The van der Waals surface area contributed by atoms with E-state index in [1.807, 2.05) is 0 Å². The van der Waals surface area contributed by atoms with Crippen LogP contribution in [-0.2, 0) is 14.6 Å². The second-order valence-electron chi connectivity index (χ2n) is 5.81. The van der Waals surface area contributed by atoms with Crippen molar-refractivity contribution in [1.29, 1.82) is 0 Å². The number of hydrogen-bond acceptors (Lipinski definition) is 6. The Labute approximate surface area is 147 Å². The summed E-state index contributed by atoms with van der Waals surface area (Å²) in [4.78, 5) is 21.9. The van der Waals surface area contributed by atoms with Gasteiger partial charge in [0.25, 0.3) is 15.5 Å².